The van der Waals surface area contributed by atoms with Gasteiger partial charge in [0.2, 0.25) is 0 Å². The van der Waals surface area contributed by atoms with Crippen LogP contribution in [0.2, 0.25) is 0 Å². The first-order chi connectivity index (χ1) is 4.06. The molecular weight excluding hydrogens is 137 g/mol. The molecule has 0 N–H and O–H groups in total. The minimum absolute atomic E-state index is 0.182. The Morgan fingerprint density at radius 3 is 2.33 bits per heavy atom. The molecule has 0 bridgehead atoms. The van der Waals surface area contributed by atoms with E-state index in [0.29, 0.717) is 0 Å². The lowest BCUT2D eigenvalue weighted by Crippen LogP contribution is -2.01. The summed E-state index contributed by atoms with van der Waals surface area (Å²) in [7, 11) is 0. The molecule has 0 aliphatic heterocycles. The summed E-state index contributed by atoms with van der Waals surface area (Å²) >= 11 is 0. The van der Waals surface area contributed by atoms with Crippen molar-refractivity contribution in [2.24, 2.45) is 0 Å². The van der Waals surface area contributed by atoms with Gasteiger partial charge in [-0.05, 0) is 0 Å². The zero-order valence-corrected chi connectivity index (χ0v) is 4.03. The summed E-state index contributed by atoms with van der Waals surface area (Å²) in [6.07, 6.45) is -3.46. The van der Waals surface area contributed by atoms with Crippen LogP contribution < -0.4 is 0 Å². The van der Waals surface area contributed by atoms with E-state index in [1.807, 2.05) is 0 Å². The second-order valence-electron chi connectivity index (χ2n) is 0.939. The number of hydrogen-bond acceptors (Lipinski definition) is 2. The van der Waals surface area contributed by atoms with Crippen LogP contribution in [0.5, 0.6) is 0 Å². The molecule has 0 saturated heterocycles. The van der Waals surface area contributed by atoms with Crippen LogP contribution in [0.4, 0.5) is 13.2 Å². The number of rotatable bonds is 1. The zero-order chi connectivity index (χ0) is 7.33. The van der Waals surface area contributed by atoms with Crippen LogP contribution in [-0.2, 0) is 9.53 Å². The maximum Gasteiger partial charge on any atom is 0.460 e. The molecule has 0 spiro atoms. The molecule has 0 unspecified atom stereocenters. The highest BCUT2D eigenvalue weighted by Gasteiger charge is 2.23. The van der Waals surface area contributed by atoms with Crippen molar-refractivity contribution in [3.63, 3.8) is 0 Å². The quantitative estimate of drug-likeness (QED) is 0.393. The van der Waals surface area contributed by atoms with Crippen LogP contribution in [0.3, 0.4) is 0 Å². The number of alkyl halides is 3. The summed E-state index contributed by atoms with van der Waals surface area (Å²) < 4.78 is 36.5. The van der Waals surface area contributed by atoms with E-state index >= 15 is 0 Å². The van der Waals surface area contributed by atoms with Gasteiger partial charge < -0.3 is 4.74 Å². The normalized spacial score (nSPS) is 9.22. The van der Waals surface area contributed by atoms with Crippen LogP contribution >= 0.6 is 0 Å². The fourth-order valence-electron chi connectivity index (χ4n) is 0.111. The van der Waals surface area contributed by atoms with E-state index in [1.165, 1.54) is 0 Å². The summed E-state index contributed by atoms with van der Waals surface area (Å²) in [5.41, 5.74) is 0. The Balaban J connectivity index is 3.72. The maximum atomic E-state index is 11.0. The third-order valence-corrected chi connectivity index (χ3v) is 0.300. The minimum atomic E-state index is -4.59. The number of carbonyl (C=O) groups excluding carboxylic acids is 1. The van der Waals surface area contributed by atoms with Crippen LogP contribution in [0.15, 0.2) is 0 Å². The molecule has 50 valence electrons. The molecule has 0 aliphatic carbocycles. The minimum Gasteiger partial charge on any atom is -0.374 e. The molecule has 0 atom stereocenters. The average molecular weight is 138 g/mol. The predicted octanol–water partition coefficient (Wildman–Crippen LogP) is 0.683. The van der Waals surface area contributed by atoms with Gasteiger partial charge in [0.05, 0.1) is 5.92 Å². The SMILES string of the molecule is O=COC#CC(F)(F)F. The van der Waals surface area contributed by atoms with Gasteiger partial charge >= 0.3 is 12.6 Å². The van der Waals surface area contributed by atoms with Crippen LogP contribution in [0.25, 0.3) is 0 Å². The number of ether oxygens (including phenoxy) is 1. The Labute approximate surface area is 48.6 Å². The van der Waals surface area contributed by atoms with E-state index in [9.17, 15) is 18.0 Å². The largest absolute Gasteiger partial charge is 0.460 e. The molecule has 0 aromatic rings. The van der Waals surface area contributed by atoms with Crippen LogP contribution in [-0.4, -0.2) is 12.6 Å². The van der Waals surface area contributed by atoms with Crippen molar-refractivity contribution in [2.75, 3.05) is 0 Å². The predicted molar refractivity (Wildman–Crippen MR) is 21.0 cm³/mol. The van der Waals surface area contributed by atoms with Crippen molar-refractivity contribution in [3.05, 3.63) is 0 Å². The molecule has 2 nitrogen and oxygen atoms in total. The van der Waals surface area contributed by atoms with Gasteiger partial charge in [0.15, 0.2) is 0 Å². The van der Waals surface area contributed by atoms with Crippen LogP contribution in [0.1, 0.15) is 0 Å². The van der Waals surface area contributed by atoms with Crippen molar-refractivity contribution in [1.82, 2.24) is 0 Å². The van der Waals surface area contributed by atoms with E-state index < -0.39 is 6.18 Å². The molecule has 0 radical (unpaired) electrons. The highest BCUT2D eigenvalue weighted by Crippen LogP contribution is 2.11. The molecule has 0 aliphatic rings. The van der Waals surface area contributed by atoms with Gasteiger partial charge in [-0.1, -0.05) is 0 Å². The Morgan fingerprint density at radius 2 is 2.00 bits per heavy atom. The van der Waals surface area contributed by atoms with Crippen molar-refractivity contribution in [1.29, 1.82) is 0 Å². The lowest BCUT2D eigenvalue weighted by Gasteiger charge is -1.89. The first-order valence-electron chi connectivity index (χ1n) is 1.74. The zero-order valence-electron chi connectivity index (χ0n) is 4.03. The number of hydrogen-bond donors (Lipinski definition) is 0. The summed E-state index contributed by atoms with van der Waals surface area (Å²) in [5.74, 6) is 0.719. The fraction of sp³-hybridized carbons (Fsp3) is 0.250. The van der Waals surface area contributed by atoms with Crippen molar-refractivity contribution < 1.29 is 22.7 Å². The van der Waals surface area contributed by atoms with E-state index in [0.717, 1.165) is 12.0 Å². The van der Waals surface area contributed by atoms with Gasteiger partial charge in [-0.15, -0.1) is 0 Å². The van der Waals surface area contributed by atoms with Gasteiger partial charge in [0, 0.05) is 0 Å². The molecule has 0 rings (SSSR count). The summed E-state index contributed by atoms with van der Waals surface area (Å²) in [4.78, 5) is 9.20. The summed E-state index contributed by atoms with van der Waals surface area (Å²) in [6, 6.07) is 0. The summed E-state index contributed by atoms with van der Waals surface area (Å²) in [6.45, 7) is -0.182. The Bertz CT molecular complexity index is 149. The Kier molecular flexibility index (Phi) is 2.58. The average Bonchev–Trinajstić information content (AvgIpc) is 1.63. The molecule has 0 saturated carbocycles. The highest BCUT2D eigenvalue weighted by atomic mass is 19.4. The topological polar surface area (TPSA) is 26.3 Å². The molecule has 0 amide bonds. The van der Waals surface area contributed by atoms with Gasteiger partial charge in [0.1, 0.15) is 6.11 Å². The molecule has 0 heterocycles. The van der Waals surface area contributed by atoms with Gasteiger partial charge in [-0.25, -0.2) is 0 Å². The lowest BCUT2D eigenvalue weighted by atomic mass is 10.7. The van der Waals surface area contributed by atoms with E-state index in [2.05, 4.69) is 4.74 Å². The second-order valence-corrected chi connectivity index (χ2v) is 0.939. The molecule has 5 heteroatoms. The first kappa shape index (κ1) is 7.82. The number of carbonyl (C=O) groups is 1. The summed E-state index contributed by atoms with van der Waals surface area (Å²) in [5, 5.41) is 0. The Hall–Kier alpha value is -1.18. The van der Waals surface area contributed by atoms with Gasteiger partial charge in [0.25, 0.3) is 0 Å². The fourth-order valence-corrected chi connectivity index (χ4v) is 0.111. The van der Waals surface area contributed by atoms with Crippen molar-refractivity contribution >= 4 is 6.47 Å². The molecular formula is C4HF3O2. The van der Waals surface area contributed by atoms with Gasteiger partial charge in [-0.2, -0.15) is 13.2 Å². The second kappa shape index (κ2) is 2.97. The van der Waals surface area contributed by atoms with E-state index in [1.54, 1.807) is 0 Å². The van der Waals surface area contributed by atoms with Gasteiger partial charge in [-0.3, -0.25) is 4.79 Å². The molecule has 9 heavy (non-hydrogen) atoms. The lowest BCUT2D eigenvalue weighted by molar-refractivity contribution is -0.122. The molecule has 0 aromatic heterocycles. The van der Waals surface area contributed by atoms with Crippen LogP contribution in [0, 0.1) is 12.0 Å². The smallest absolute Gasteiger partial charge is 0.374 e. The standard InChI is InChI=1S/C4HF3O2/c5-4(6,7)1-2-9-3-8/h3H. The van der Waals surface area contributed by atoms with E-state index in [-0.39, 0.29) is 6.47 Å². The third-order valence-electron chi connectivity index (χ3n) is 0.300. The third kappa shape index (κ3) is 6.82. The molecule has 0 aromatic carbocycles. The van der Waals surface area contributed by atoms with Crippen molar-refractivity contribution in [2.45, 2.75) is 6.18 Å². The monoisotopic (exact) mass is 138 g/mol. The number of halogens is 3. The van der Waals surface area contributed by atoms with E-state index in [4.69, 9.17) is 0 Å². The Morgan fingerprint density at radius 1 is 1.44 bits per heavy atom. The van der Waals surface area contributed by atoms with Crippen molar-refractivity contribution in [3.8, 4) is 12.0 Å². The first-order valence-corrected chi connectivity index (χ1v) is 1.74. The molecule has 0 fully saturated rings. The maximum absolute atomic E-state index is 11.0. The highest BCUT2D eigenvalue weighted by molar-refractivity contribution is 5.39.